The molecule has 31 heavy (non-hydrogen) atoms. The van der Waals surface area contributed by atoms with E-state index in [9.17, 15) is 21.6 Å². The summed E-state index contributed by atoms with van der Waals surface area (Å²) in [5.74, 6) is 0.700. The van der Waals surface area contributed by atoms with Crippen molar-refractivity contribution in [2.45, 2.75) is 24.7 Å². The molecule has 3 rings (SSSR count). The number of aliphatic imine (C=N–C) groups is 1. The molecule has 12 heteroatoms. The number of morpholine rings is 1. The van der Waals surface area contributed by atoms with Crippen LogP contribution in [0, 0.1) is 0 Å². The summed E-state index contributed by atoms with van der Waals surface area (Å²) in [6.07, 6.45) is -3.85. The first kappa shape index (κ1) is 26.1. The van der Waals surface area contributed by atoms with Crippen molar-refractivity contribution in [3.05, 3.63) is 35.4 Å². The lowest BCUT2D eigenvalue weighted by molar-refractivity contribution is -0.137. The summed E-state index contributed by atoms with van der Waals surface area (Å²) in [7, 11) is -1.42. The standard InChI is InChI=1S/C19H27F3N4O3S.HI/c1-23-18(25-16-6-11-30(27,28)13-16)24-12-17(26-7-9-29-10-8-26)14-2-4-15(5-3-14)19(20,21)22;/h2-5,16-17H,6-13H2,1H3,(H2,23,24,25);1H. The number of sulfone groups is 1. The first-order valence-electron chi connectivity index (χ1n) is 9.84. The van der Waals surface area contributed by atoms with E-state index in [0.29, 0.717) is 45.2 Å². The monoisotopic (exact) mass is 576 g/mol. The predicted octanol–water partition coefficient (Wildman–Crippen LogP) is 2.05. The highest BCUT2D eigenvalue weighted by atomic mass is 127. The second kappa shape index (κ2) is 11.1. The van der Waals surface area contributed by atoms with Gasteiger partial charge in [-0.3, -0.25) is 9.89 Å². The van der Waals surface area contributed by atoms with E-state index in [1.54, 1.807) is 7.05 Å². The molecular formula is C19H28F3IN4O3S. The van der Waals surface area contributed by atoms with Gasteiger partial charge in [-0.2, -0.15) is 13.2 Å². The number of guanidine groups is 1. The molecule has 2 fully saturated rings. The maximum atomic E-state index is 12.9. The van der Waals surface area contributed by atoms with Crippen LogP contribution < -0.4 is 10.6 Å². The zero-order valence-electron chi connectivity index (χ0n) is 17.2. The van der Waals surface area contributed by atoms with Gasteiger partial charge in [-0.25, -0.2) is 8.42 Å². The van der Waals surface area contributed by atoms with Crippen molar-refractivity contribution in [1.82, 2.24) is 15.5 Å². The van der Waals surface area contributed by atoms with E-state index in [-0.39, 0.29) is 47.6 Å². The molecule has 0 aromatic heterocycles. The highest BCUT2D eigenvalue weighted by molar-refractivity contribution is 14.0. The minimum Gasteiger partial charge on any atom is -0.379 e. The van der Waals surface area contributed by atoms with Gasteiger partial charge >= 0.3 is 6.18 Å². The molecule has 2 aliphatic heterocycles. The average molecular weight is 576 g/mol. The maximum absolute atomic E-state index is 12.9. The Hall–Kier alpha value is -1.12. The van der Waals surface area contributed by atoms with Crippen LogP contribution in [0.25, 0.3) is 0 Å². The van der Waals surface area contributed by atoms with Crippen LogP contribution in [0.4, 0.5) is 13.2 Å². The van der Waals surface area contributed by atoms with Gasteiger partial charge < -0.3 is 15.4 Å². The summed E-state index contributed by atoms with van der Waals surface area (Å²) in [4.78, 5) is 6.32. The van der Waals surface area contributed by atoms with Crippen LogP contribution in [0.15, 0.2) is 29.3 Å². The fourth-order valence-electron chi connectivity index (χ4n) is 3.73. The zero-order chi connectivity index (χ0) is 21.8. The van der Waals surface area contributed by atoms with Gasteiger partial charge in [-0.1, -0.05) is 12.1 Å². The molecule has 2 unspecified atom stereocenters. The lowest BCUT2D eigenvalue weighted by atomic mass is 10.0. The topological polar surface area (TPSA) is 83.0 Å². The van der Waals surface area contributed by atoms with Crippen molar-refractivity contribution in [2.24, 2.45) is 4.99 Å². The molecule has 2 aliphatic rings. The number of alkyl halides is 3. The number of benzene rings is 1. The van der Waals surface area contributed by atoms with Crippen LogP contribution >= 0.6 is 24.0 Å². The number of halogens is 4. The average Bonchev–Trinajstić information content (AvgIpc) is 3.06. The highest BCUT2D eigenvalue weighted by Gasteiger charge is 2.31. The third-order valence-corrected chi connectivity index (χ3v) is 7.14. The van der Waals surface area contributed by atoms with E-state index in [1.807, 2.05) is 0 Å². The van der Waals surface area contributed by atoms with Crippen molar-refractivity contribution in [3.8, 4) is 0 Å². The van der Waals surface area contributed by atoms with Gasteiger partial charge in [-0.05, 0) is 24.1 Å². The Morgan fingerprint density at radius 3 is 2.42 bits per heavy atom. The Kier molecular flexibility index (Phi) is 9.40. The molecule has 1 aromatic rings. The van der Waals surface area contributed by atoms with E-state index in [4.69, 9.17) is 4.74 Å². The number of hydrogen-bond acceptors (Lipinski definition) is 5. The largest absolute Gasteiger partial charge is 0.416 e. The molecule has 176 valence electrons. The third kappa shape index (κ3) is 7.46. The molecule has 2 heterocycles. The van der Waals surface area contributed by atoms with Gasteiger partial charge in [0.05, 0.1) is 36.3 Å². The number of nitrogens with zero attached hydrogens (tertiary/aromatic N) is 2. The zero-order valence-corrected chi connectivity index (χ0v) is 20.3. The van der Waals surface area contributed by atoms with Gasteiger partial charge in [0.1, 0.15) is 0 Å². The quantitative estimate of drug-likeness (QED) is 0.318. The van der Waals surface area contributed by atoms with Gasteiger partial charge in [0.2, 0.25) is 0 Å². The van der Waals surface area contributed by atoms with Crippen molar-refractivity contribution in [2.75, 3.05) is 51.4 Å². The van der Waals surface area contributed by atoms with Crippen molar-refractivity contribution in [1.29, 1.82) is 0 Å². The van der Waals surface area contributed by atoms with Crippen molar-refractivity contribution in [3.63, 3.8) is 0 Å². The molecular weight excluding hydrogens is 548 g/mol. The summed E-state index contributed by atoms with van der Waals surface area (Å²) < 4.78 is 67.5. The Morgan fingerprint density at radius 1 is 1.26 bits per heavy atom. The third-order valence-electron chi connectivity index (χ3n) is 5.37. The molecule has 2 N–H and O–H groups in total. The molecule has 2 atom stereocenters. The summed E-state index contributed by atoms with van der Waals surface area (Å²) in [5, 5.41) is 6.33. The van der Waals surface area contributed by atoms with Crippen LogP contribution in [0.5, 0.6) is 0 Å². The van der Waals surface area contributed by atoms with Crippen LogP contribution in [-0.2, 0) is 20.8 Å². The summed E-state index contributed by atoms with van der Waals surface area (Å²) in [6.45, 7) is 2.86. The fraction of sp³-hybridized carbons (Fsp3) is 0.632. The van der Waals surface area contributed by atoms with Gasteiger partial charge in [0.25, 0.3) is 0 Å². The van der Waals surface area contributed by atoms with E-state index in [0.717, 1.165) is 17.7 Å². The molecule has 0 aliphatic carbocycles. The van der Waals surface area contributed by atoms with Crippen LogP contribution in [0.3, 0.4) is 0 Å². The van der Waals surface area contributed by atoms with Gasteiger partial charge in [-0.15, -0.1) is 24.0 Å². The Labute approximate surface area is 197 Å². The lowest BCUT2D eigenvalue weighted by Gasteiger charge is -2.35. The van der Waals surface area contributed by atoms with Crippen LogP contribution in [0.1, 0.15) is 23.6 Å². The normalized spacial score (nSPS) is 23.1. The SMILES string of the molecule is CN=C(NCC(c1ccc(C(F)(F)F)cc1)N1CCOCC1)NC1CCS(=O)(=O)C1.I. The molecule has 0 saturated carbocycles. The molecule has 1 aromatic carbocycles. The molecule has 0 bridgehead atoms. The smallest absolute Gasteiger partial charge is 0.379 e. The minimum absolute atomic E-state index is 0. The fourth-order valence-corrected chi connectivity index (χ4v) is 5.40. The van der Waals surface area contributed by atoms with Gasteiger partial charge in [0.15, 0.2) is 15.8 Å². The Balaban J connectivity index is 0.00000341. The molecule has 7 nitrogen and oxygen atoms in total. The highest BCUT2D eigenvalue weighted by Crippen LogP contribution is 2.31. The summed E-state index contributed by atoms with van der Waals surface area (Å²) in [6, 6.07) is 4.82. The Bertz CT molecular complexity index is 844. The van der Waals surface area contributed by atoms with Crippen LogP contribution in [0.2, 0.25) is 0 Å². The lowest BCUT2D eigenvalue weighted by Crippen LogP contribution is -2.48. The number of hydrogen-bond donors (Lipinski definition) is 2. The second-order valence-electron chi connectivity index (χ2n) is 7.48. The van der Waals surface area contributed by atoms with Crippen molar-refractivity contribution >= 4 is 39.8 Å². The van der Waals surface area contributed by atoms with E-state index < -0.39 is 21.6 Å². The summed E-state index contributed by atoms with van der Waals surface area (Å²) >= 11 is 0. The molecule has 0 spiro atoms. The molecule has 0 radical (unpaired) electrons. The number of ether oxygens (including phenoxy) is 1. The number of rotatable bonds is 5. The summed E-state index contributed by atoms with van der Waals surface area (Å²) in [5.41, 5.74) is 0.0798. The minimum atomic E-state index is -4.38. The molecule has 0 amide bonds. The van der Waals surface area contributed by atoms with Gasteiger partial charge in [0, 0.05) is 32.7 Å². The Morgan fingerprint density at radius 2 is 1.90 bits per heavy atom. The second-order valence-corrected chi connectivity index (χ2v) is 9.71. The van der Waals surface area contributed by atoms with Crippen LogP contribution in [-0.4, -0.2) is 76.7 Å². The van der Waals surface area contributed by atoms with Crippen molar-refractivity contribution < 1.29 is 26.3 Å². The first-order valence-corrected chi connectivity index (χ1v) is 11.7. The van der Waals surface area contributed by atoms with E-state index in [1.165, 1.54) is 12.1 Å². The predicted molar refractivity (Wildman–Crippen MR) is 124 cm³/mol. The number of nitrogens with one attached hydrogen (secondary N) is 2. The maximum Gasteiger partial charge on any atom is 0.416 e. The molecule has 2 saturated heterocycles. The van der Waals surface area contributed by atoms with E-state index >= 15 is 0 Å². The van der Waals surface area contributed by atoms with E-state index in [2.05, 4.69) is 20.5 Å². The first-order chi connectivity index (χ1) is 14.2.